The molecule has 0 aliphatic carbocycles. The van der Waals surface area contributed by atoms with Crippen molar-refractivity contribution < 1.29 is 14.6 Å². The van der Waals surface area contributed by atoms with Crippen molar-refractivity contribution in [2.24, 2.45) is 5.92 Å². The van der Waals surface area contributed by atoms with Crippen molar-refractivity contribution in [2.45, 2.75) is 26.9 Å². The molecule has 0 spiro atoms. The van der Waals surface area contributed by atoms with Crippen LogP contribution in [0.5, 0.6) is 5.75 Å². The molecular formula is C16H18O3. The van der Waals surface area contributed by atoms with E-state index >= 15 is 0 Å². The van der Waals surface area contributed by atoms with E-state index in [1.54, 1.807) is 30.3 Å². The monoisotopic (exact) mass is 258 g/mol. The van der Waals surface area contributed by atoms with Crippen LogP contribution in [0.1, 0.15) is 31.1 Å². The minimum atomic E-state index is -0.309. The van der Waals surface area contributed by atoms with Gasteiger partial charge in [-0.25, -0.2) is 4.79 Å². The van der Waals surface area contributed by atoms with Gasteiger partial charge in [0.2, 0.25) is 0 Å². The first-order chi connectivity index (χ1) is 8.97. The summed E-state index contributed by atoms with van der Waals surface area (Å²) >= 11 is 0. The van der Waals surface area contributed by atoms with Gasteiger partial charge in [-0.05, 0) is 47.9 Å². The van der Waals surface area contributed by atoms with E-state index in [-0.39, 0.29) is 17.8 Å². The smallest absolute Gasteiger partial charge is 0.338 e. The fourth-order valence-corrected chi connectivity index (χ4v) is 1.73. The first-order valence-corrected chi connectivity index (χ1v) is 6.41. The molecule has 0 amide bonds. The lowest BCUT2D eigenvalue weighted by atomic mass is 10.1. The molecule has 19 heavy (non-hydrogen) atoms. The zero-order chi connectivity index (χ0) is 14.0. The number of phenols is 1. The Kier molecular flexibility index (Phi) is 3.74. The van der Waals surface area contributed by atoms with E-state index in [4.69, 9.17) is 4.74 Å². The number of phenolic OH excluding ortho intramolecular Hbond substituents is 1. The summed E-state index contributed by atoms with van der Waals surface area (Å²) < 4.78 is 5.38. The average molecular weight is 258 g/mol. The zero-order valence-corrected chi connectivity index (χ0v) is 11.4. The van der Waals surface area contributed by atoms with Crippen molar-refractivity contribution in [2.75, 3.05) is 0 Å². The second-order valence-corrected chi connectivity index (χ2v) is 5.10. The minimum Gasteiger partial charge on any atom is -0.508 e. The topological polar surface area (TPSA) is 46.5 Å². The number of rotatable bonds is 3. The van der Waals surface area contributed by atoms with E-state index in [1.165, 1.54) is 0 Å². The van der Waals surface area contributed by atoms with E-state index < -0.39 is 0 Å². The van der Waals surface area contributed by atoms with Crippen LogP contribution in [0.3, 0.4) is 0 Å². The number of hydrogen-bond acceptors (Lipinski definition) is 3. The molecule has 2 aromatic carbocycles. The number of esters is 1. The largest absolute Gasteiger partial charge is 0.508 e. The van der Waals surface area contributed by atoms with Gasteiger partial charge in [0.25, 0.3) is 0 Å². The van der Waals surface area contributed by atoms with Crippen LogP contribution in [-0.2, 0) is 4.74 Å². The summed E-state index contributed by atoms with van der Waals surface area (Å²) in [5.41, 5.74) is 0.533. The Bertz CT molecular complexity index is 602. The minimum absolute atomic E-state index is 0.108. The standard InChI is InChI=1S/C16H18O3/c1-10(2)11(3)19-16(18)14-5-4-13-9-15(17)7-6-12(13)8-14/h4-11,17H,1-3H3. The third kappa shape index (κ3) is 3.05. The van der Waals surface area contributed by atoms with Gasteiger partial charge in [0.1, 0.15) is 11.9 Å². The predicted octanol–water partition coefficient (Wildman–Crippen LogP) is 3.75. The lowest BCUT2D eigenvalue weighted by molar-refractivity contribution is 0.0238. The fraction of sp³-hybridized carbons (Fsp3) is 0.312. The average Bonchev–Trinajstić information content (AvgIpc) is 2.37. The molecule has 0 heterocycles. The highest BCUT2D eigenvalue weighted by Gasteiger charge is 2.15. The van der Waals surface area contributed by atoms with E-state index in [0.29, 0.717) is 11.5 Å². The molecule has 0 bridgehead atoms. The van der Waals surface area contributed by atoms with Gasteiger partial charge in [-0.15, -0.1) is 0 Å². The van der Waals surface area contributed by atoms with Gasteiger partial charge < -0.3 is 9.84 Å². The Balaban J connectivity index is 2.26. The highest BCUT2D eigenvalue weighted by Crippen LogP contribution is 2.22. The maximum atomic E-state index is 12.0. The number of hydrogen-bond donors (Lipinski definition) is 1. The molecule has 0 radical (unpaired) electrons. The van der Waals surface area contributed by atoms with Crippen molar-refractivity contribution in [3.8, 4) is 5.75 Å². The van der Waals surface area contributed by atoms with Gasteiger partial charge in [0.15, 0.2) is 0 Å². The molecule has 100 valence electrons. The fourth-order valence-electron chi connectivity index (χ4n) is 1.73. The summed E-state index contributed by atoms with van der Waals surface area (Å²) in [4.78, 5) is 12.0. The van der Waals surface area contributed by atoms with Gasteiger partial charge in [-0.2, -0.15) is 0 Å². The van der Waals surface area contributed by atoms with Crippen LogP contribution in [0.2, 0.25) is 0 Å². The number of carbonyl (C=O) groups excluding carboxylic acids is 1. The van der Waals surface area contributed by atoms with Crippen molar-refractivity contribution in [3.05, 3.63) is 42.0 Å². The van der Waals surface area contributed by atoms with Crippen LogP contribution >= 0.6 is 0 Å². The van der Waals surface area contributed by atoms with Crippen molar-refractivity contribution >= 4 is 16.7 Å². The lowest BCUT2D eigenvalue weighted by Crippen LogP contribution is -2.20. The van der Waals surface area contributed by atoms with Gasteiger partial charge in [-0.3, -0.25) is 0 Å². The molecule has 0 saturated carbocycles. The molecule has 0 saturated heterocycles. The Labute approximate surface area is 112 Å². The normalized spacial score (nSPS) is 12.6. The molecule has 0 fully saturated rings. The van der Waals surface area contributed by atoms with Gasteiger partial charge in [-0.1, -0.05) is 26.0 Å². The highest BCUT2D eigenvalue weighted by atomic mass is 16.5. The van der Waals surface area contributed by atoms with Gasteiger partial charge in [0, 0.05) is 0 Å². The zero-order valence-electron chi connectivity index (χ0n) is 11.4. The van der Waals surface area contributed by atoms with Gasteiger partial charge in [0.05, 0.1) is 5.56 Å². The second kappa shape index (κ2) is 5.31. The summed E-state index contributed by atoms with van der Waals surface area (Å²) in [6.45, 7) is 5.92. The number of aromatic hydroxyl groups is 1. The summed E-state index contributed by atoms with van der Waals surface area (Å²) in [5.74, 6) is 0.203. The second-order valence-electron chi connectivity index (χ2n) is 5.10. The van der Waals surface area contributed by atoms with E-state index in [2.05, 4.69) is 0 Å². The van der Waals surface area contributed by atoms with Crippen LogP contribution in [0.15, 0.2) is 36.4 Å². The number of fused-ring (bicyclic) bond motifs is 1. The maximum Gasteiger partial charge on any atom is 0.338 e. The third-order valence-corrected chi connectivity index (χ3v) is 3.29. The number of carbonyl (C=O) groups is 1. The molecule has 3 nitrogen and oxygen atoms in total. The molecule has 3 heteroatoms. The summed E-state index contributed by atoms with van der Waals surface area (Å²) in [6, 6.07) is 10.4. The third-order valence-electron chi connectivity index (χ3n) is 3.29. The molecule has 0 aliphatic rings. The number of benzene rings is 2. The Morgan fingerprint density at radius 2 is 1.68 bits per heavy atom. The Morgan fingerprint density at radius 3 is 2.37 bits per heavy atom. The van der Waals surface area contributed by atoms with Crippen LogP contribution in [0.25, 0.3) is 10.8 Å². The van der Waals surface area contributed by atoms with Gasteiger partial charge >= 0.3 is 5.97 Å². The van der Waals surface area contributed by atoms with E-state index in [0.717, 1.165) is 10.8 Å². The van der Waals surface area contributed by atoms with Crippen molar-refractivity contribution in [1.29, 1.82) is 0 Å². The molecule has 0 aromatic heterocycles. The first kappa shape index (κ1) is 13.4. The van der Waals surface area contributed by atoms with E-state index in [1.807, 2.05) is 26.8 Å². The maximum absolute atomic E-state index is 12.0. The highest BCUT2D eigenvalue weighted by molar-refractivity contribution is 5.95. The molecule has 1 atom stereocenters. The molecule has 2 rings (SSSR count). The van der Waals surface area contributed by atoms with E-state index in [9.17, 15) is 9.90 Å². The first-order valence-electron chi connectivity index (χ1n) is 6.41. The number of ether oxygens (including phenoxy) is 1. The van der Waals surface area contributed by atoms with Crippen molar-refractivity contribution in [1.82, 2.24) is 0 Å². The predicted molar refractivity (Wildman–Crippen MR) is 75.3 cm³/mol. The van der Waals surface area contributed by atoms with Crippen molar-refractivity contribution in [3.63, 3.8) is 0 Å². The quantitative estimate of drug-likeness (QED) is 0.853. The van der Waals surface area contributed by atoms with Crippen LogP contribution in [0.4, 0.5) is 0 Å². The SMILES string of the molecule is CC(C)C(C)OC(=O)c1ccc2cc(O)ccc2c1. The molecular weight excluding hydrogens is 240 g/mol. The van der Waals surface area contributed by atoms with Crippen LogP contribution in [0, 0.1) is 5.92 Å². The molecule has 1 unspecified atom stereocenters. The molecule has 0 aliphatic heterocycles. The Hall–Kier alpha value is -2.03. The summed E-state index contributed by atoms with van der Waals surface area (Å²) in [7, 11) is 0. The Morgan fingerprint density at radius 1 is 1.05 bits per heavy atom. The molecule has 2 aromatic rings. The van der Waals surface area contributed by atoms with Crippen LogP contribution < -0.4 is 0 Å². The molecule has 1 N–H and O–H groups in total. The summed E-state index contributed by atoms with van der Waals surface area (Å²) in [6.07, 6.45) is -0.108. The van der Waals surface area contributed by atoms with Crippen LogP contribution in [-0.4, -0.2) is 17.2 Å². The summed E-state index contributed by atoms with van der Waals surface area (Å²) in [5, 5.41) is 11.2. The lowest BCUT2D eigenvalue weighted by Gasteiger charge is -2.16.